The van der Waals surface area contributed by atoms with E-state index in [0.29, 0.717) is 5.56 Å². The smallest absolute Gasteiger partial charge is 0.267 e. The quantitative estimate of drug-likeness (QED) is 0.699. The van der Waals surface area contributed by atoms with Crippen molar-refractivity contribution < 1.29 is 4.79 Å². The highest BCUT2D eigenvalue weighted by Crippen LogP contribution is 2.12. The molecule has 0 bridgehead atoms. The summed E-state index contributed by atoms with van der Waals surface area (Å²) in [5.74, 6) is -0.253. The van der Waals surface area contributed by atoms with E-state index >= 15 is 0 Å². The number of hydrazone groups is 1. The minimum absolute atomic E-state index is 0.253. The largest absolute Gasteiger partial charge is 0.271 e. The lowest BCUT2D eigenvalue weighted by atomic mass is 10.1. The number of carbonyl (C=O) groups excluding carboxylic acids is 1. The zero-order chi connectivity index (χ0) is 13.7. The molecule has 4 nitrogen and oxygen atoms in total. The van der Waals surface area contributed by atoms with Crippen molar-refractivity contribution in [2.45, 2.75) is 6.92 Å². The van der Waals surface area contributed by atoms with Crippen LogP contribution in [-0.4, -0.2) is 16.6 Å². The van der Waals surface area contributed by atoms with Gasteiger partial charge in [-0.1, -0.05) is 28.1 Å². The summed E-state index contributed by atoms with van der Waals surface area (Å²) in [4.78, 5) is 15.7. The molecule has 0 unspecified atom stereocenters. The Hall–Kier alpha value is -2.01. The van der Waals surface area contributed by atoms with Crippen LogP contribution in [-0.2, 0) is 0 Å². The van der Waals surface area contributed by atoms with Gasteiger partial charge < -0.3 is 0 Å². The third-order valence-electron chi connectivity index (χ3n) is 2.51. The molecule has 1 aromatic heterocycles. The Morgan fingerprint density at radius 1 is 1.21 bits per heavy atom. The lowest BCUT2D eigenvalue weighted by Gasteiger charge is -2.03. The van der Waals surface area contributed by atoms with Gasteiger partial charge in [-0.2, -0.15) is 5.10 Å². The van der Waals surface area contributed by atoms with Crippen molar-refractivity contribution >= 4 is 27.5 Å². The molecule has 0 atom stereocenters. The molecular formula is C14H12BrN3O. The first-order valence-corrected chi connectivity index (χ1v) is 6.47. The molecule has 1 heterocycles. The average Bonchev–Trinajstić information content (AvgIpc) is 2.45. The first-order chi connectivity index (χ1) is 9.16. The van der Waals surface area contributed by atoms with Gasteiger partial charge in [0, 0.05) is 22.4 Å². The number of hydrogen-bond acceptors (Lipinski definition) is 3. The molecule has 0 radical (unpaired) electrons. The highest BCUT2D eigenvalue weighted by atomic mass is 79.9. The fraction of sp³-hybridized carbons (Fsp3) is 0.0714. The molecule has 0 aliphatic carbocycles. The summed E-state index contributed by atoms with van der Waals surface area (Å²) in [6, 6.07) is 11.0. The first kappa shape index (κ1) is 13.4. The van der Waals surface area contributed by atoms with Crippen LogP contribution in [0.4, 0.5) is 0 Å². The number of carbonyl (C=O) groups is 1. The minimum Gasteiger partial charge on any atom is -0.267 e. The summed E-state index contributed by atoms with van der Waals surface area (Å²) in [6.07, 6.45) is 3.14. The molecule has 1 amide bonds. The number of aromatic nitrogens is 1. The summed E-state index contributed by atoms with van der Waals surface area (Å²) < 4.78 is 0.972. The van der Waals surface area contributed by atoms with E-state index in [1.165, 1.54) is 0 Å². The van der Waals surface area contributed by atoms with Crippen LogP contribution in [0.3, 0.4) is 0 Å². The van der Waals surface area contributed by atoms with Gasteiger partial charge in [0.05, 0.1) is 5.71 Å². The fourth-order valence-electron chi connectivity index (χ4n) is 1.48. The summed E-state index contributed by atoms with van der Waals surface area (Å²) >= 11 is 3.40. The number of nitrogens with one attached hydrogen (secondary N) is 1. The van der Waals surface area contributed by atoms with Crippen LogP contribution >= 0.6 is 15.9 Å². The maximum Gasteiger partial charge on any atom is 0.271 e. The number of halogens is 1. The first-order valence-electron chi connectivity index (χ1n) is 5.67. The van der Waals surface area contributed by atoms with Crippen molar-refractivity contribution in [3.63, 3.8) is 0 Å². The second kappa shape index (κ2) is 6.24. The molecule has 5 heteroatoms. The molecule has 96 valence electrons. The number of rotatable bonds is 3. The molecule has 0 aliphatic rings. The van der Waals surface area contributed by atoms with Crippen LogP contribution in [0.15, 0.2) is 58.4 Å². The Balaban J connectivity index is 2.09. The summed E-state index contributed by atoms with van der Waals surface area (Å²) in [6.45, 7) is 1.84. The van der Waals surface area contributed by atoms with Gasteiger partial charge in [-0.15, -0.1) is 0 Å². The SMILES string of the molecule is CC(=NNC(=O)c1ccncc1)c1cccc(Br)c1. The van der Waals surface area contributed by atoms with E-state index in [2.05, 4.69) is 31.4 Å². The van der Waals surface area contributed by atoms with Crippen LogP contribution in [0.2, 0.25) is 0 Å². The van der Waals surface area contributed by atoms with Gasteiger partial charge in [0.25, 0.3) is 5.91 Å². The van der Waals surface area contributed by atoms with Gasteiger partial charge in [0.15, 0.2) is 0 Å². The van der Waals surface area contributed by atoms with Gasteiger partial charge in [-0.05, 0) is 36.8 Å². The summed E-state index contributed by atoms with van der Waals surface area (Å²) in [7, 11) is 0. The maximum absolute atomic E-state index is 11.8. The van der Waals surface area contributed by atoms with Gasteiger partial charge in [0.1, 0.15) is 0 Å². The molecule has 2 aromatic rings. The number of pyridine rings is 1. The van der Waals surface area contributed by atoms with Crippen molar-refractivity contribution in [3.8, 4) is 0 Å². The van der Waals surface area contributed by atoms with Crippen molar-refractivity contribution in [3.05, 3.63) is 64.4 Å². The molecule has 1 N–H and O–H groups in total. The lowest BCUT2D eigenvalue weighted by molar-refractivity contribution is 0.0954. The molecule has 0 spiro atoms. The number of hydrogen-bond donors (Lipinski definition) is 1. The van der Waals surface area contributed by atoms with Crippen LogP contribution in [0, 0.1) is 0 Å². The van der Waals surface area contributed by atoms with Crippen molar-refractivity contribution in [2.75, 3.05) is 0 Å². The molecule has 19 heavy (non-hydrogen) atoms. The fourth-order valence-corrected chi connectivity index (χ4v) is 1.88. The molecule has 0 saturated carbocycles. The standard InChI is InChI=1S/C14H12BrN3O/c1-10(12-3-2-4-13(15)9-12)17-18-14(19)11-5-7-16-8-6-11/h2-9H,1H3,(H,18,19). The predicted octanol–water partition coefficient (Wildman–Crippen LogP) is 3.00. The summed E-state index contributed by atoms with van der Waals surface area (Å²) in [5.41, 5.74) is 4.74. The van der Waals surface area contributed by atoms with Crippen LogP contribution < -0.4 is 5.43 Å². The van der Waals surface area contributed by atoms with E-state index in [1.807, 2.05) is 31.2 Å². The third kappa shape index (κ3) is 3.72. The predicted molar refractivity (Wildman–Crippen MR) is 78.1 cm³/mol. The topological polar surface area (TPSA) is 54.4 Å². The highest BCUT2D eigenvalue weighted by Gasteiger charge is 2.04. The van der Waals surface area contributed by atoms with Crippen molar-refractivity contribution in [2.24, 2.45) is 5.10 Å². The van der Waals surface area contributed by atoms with Crippen molar-refractivity contribution in [1.82, 2.24) is 10.4 Å². The maximum atomic E-state index is 11.8. The average molecular weight is 318 g/mol. The molecule has 1 aromatic carbocycles. The third-order valence-corrected chi connectivity index (χ3v) is 3.00. The minimum atomic E-state index is -0.253. The van der Waals surface area contributed by atoms with E-state index in [4.69, 9.17) is 0 Å². The number of amides is 1. The second-order valence-electron chi connectivity index (χ2n) is 3.88. The Labute approximate surface area is 119 Å². The summed E-state index contributed by atoms with van der Waals surface area (Å²) in [5, 5.41) is 4.09. The van der Waals surface area contributed by atoms with Crippen LogP contribution in [0.5, 0.6) is 0 Å². The Kier molecular flexibility index (Phi) is 4.41. The van der Waals surface area contributed by atoms with E-state index in [-0.39, 0.29) is 5.91 Å². The second-order valence-corrected chi connectivity index (χ2v) is 4.80. The van der Waals surface area contributed by atoms with Crippen molar-refractivity contribution in [1.29, 1.82) is 0 Å². The van der Waals surface area contributed by atoms with Gasteiger partial charge in [-0.3, -0.25) is 9.78 Å². The molecule has 0 fully saturated rings. The van der Waals surface area contributed by atoms with Crippen LogP contribution in [0.25, 0.3) is 0 Å². The lowest BCUT2D eigenvalue weighted by Crippen LogP contribution is -2.19. The zero-order valence-electron chi connectivity index (χ0n) is 10.3. The van der Waals surface area contributed by atoms with E-state index < -0.39 is 0 Å². The van der Waals surface area contributed by atoms with Gasteiger partial charge in [0.2, 0.25) is 0 Å². The zero-order valence-corrected chi connectivity index (χ0v) is 11.9. The molecule has 2 rings (SSSR count). The van der Waals surface area contributed by atoms with E-state index in [0.717, 1.165) is 15.7 Å². The number of benzene rings is 1. The normalized spacial score (nSPS) is 11.2. The Morgan fingerprint density at radius 3 is 2.63 bits per heavy atom. The number of nitrogens with zero attached hydrogens (tertiary/aromatic N) is 2. The molecular weight excluding hydrogens is 306 g/mol. The Morgan fingerprint density at radius 2 is 1.95 bits per heavy atom. The Bertz CT molecular complexity index is 611. The molecule has 0 aliphatic heterocycles. The van der Waals surface area contributed by atoms with Gasteiger partial charge in [-0.25, -0.2) is 5.43 Å². The molecule has 0 saturated heterocycles. The van der Waals surface area contributed by atoms with Gasteiger partial charge >= 0.3 is 0 Å². The monoisotopic (exact) mass is 317 g/mol. The van der Waals surface area contributed by atoms with Crippen LogP contribution in [0.1, 0.15) is 22.8 Å². The van der Waals surface area contributed by atoms with E-state index in [9.17, 15) is 4.79 Å². The highest BCUT2D eigenvalue weighted by molar-refractivity contribution is 9.10. The van der Waals surface area contributed by atoms with E-state index in [1.54, 1.807) is 24.5 Å².